The van der Waals surface area contributed by atoms with Crippen LogP contribution in [0.15, 0.2) is 45.6 Å². The van der Waals surface area contributed by atoms with Gasteiger partial charge in [0.2, 0.25) is 0 Å². The molecule has 0 unspecified atom stereocenters. The highest BCUT2D eigenvalue weighted by Gasteiger charge is 2.17. The average molecular weight is 292 g/mol. The number of aliphatic carboxylic acids is 1. The van der Waals surface area contributed by atoms with Crippen LogP contribution in [0.2, 0.25) is 0 Å². The molecule has 0 saturated heterocycles. The minimum absolute atomic E-state index is 0.0704. The van der Waals surface area contributed by atoms with E-state index in [1.807, 2.05) is 0 Å². The van der Waals surface area contributed by atoms with Gasteiger partial charge in [-0.05, 0) is 24.3 Å². The van der Waals surface area contributed by atoms with E-state index < -0.39 is 5.97 Å². The Labute approximate surface area is 121 Å². The summed E-state index contributed by atoms with van der Waals surface area (Å²) in [7, 11) is 0. The third kappa shape index (κ3) is 4.72. The number of furan rings is 2. The van der Waals surface area contributed by atoms with Crippen LogP contribution >= 0.6 is 0 Å². The summed E-state index contributed by atoms with van der Waals surface area (Å²) >= 11 is 0. The Hall–Kier alpha value is -2.70. The van der Waals surface area contributed by atoms with Crippen LogP contribution < -0.4 is 5.32 Å². The largest absolute Gasteiger partial charge is 0.481 e. The summed E-state index contributed by atoms with van der Waals surface area (Å²) in [5.41, 5.74) is 0. The summed E-state index contributed by atoms with van der Waals surface area (Å²) < 4.78 is 10.5. The Morgan fingerprint density at radius 2 is 1.67 bits per heavy atom. The van der Waals surface area contributed by atoms with Crippen LogP contribution in [0, 0.1) is 0 Å². The van der Waals surface area contributed by atoms with Gasteiger partial charge in [-0.2, -0.15) is 0 Å². The second kappa shape index (κ2) is 7.18. The number of carboxylic acid groups (broad SMARTS) is 1. The lowest BCUT2D eigenvalue weighted by Crippen LogP contribution is -2.39. The van der Waals surface area contributed by atoms with Crippen molar-refractivity contribution in [3.8, 4) is 0 Å². The maximum atomic E-state index is 12.1. The second-order valence-corrected chi connectivity index (χ2v) is 4.39. The summed E-state index contributed by atoms with van der Waals surface area (Å²) in [4.78, 5) is 24.1. The minimum atomic E-state index is -0.959. The van der Waals surface area contributed by atoms with Gasteiger partial charge in [-0.1, -0.05) is 0 Å². The van der Waals surface area contributed by atoms with Crippen LogP contribution in [0.5, 0.6) is 0 Å². The fraction of sp³-hybridized carbons (Fsp3) is 0.286. The van der Waals surface area contributed by atoms with Gasteiger partial charge in [0, 0.05) is 6.54 Å². The number of carboxylic acids is 1. The number of carbonyl (C=O) groups excluding carboxylic acids is 1. The fourth-order valence-corrected chi connectivity index (χ4v) is 1.77. The van der Waals surface area contributed by atoms with E-state index in [-0.39, 0.29) is 32.1 Å². The smallest absolute Gasteiger partial charge is 0.318 e. The quantitative estimate of drug-likeness (QED) is 0.814. The van der Waals surface area contributed by atoms with Crippen molar-refractivity contribution in [1.29, 1.82) is 0 Å². The molecule has 0 atom stereocenters. The highest BCUT2D eigenvalue weighted by Crippen LogP contribution is 2.11. The van der Waals surface area contributed by atoms with Crippen LogP contribution in [-0.2, 0) is 17.9 Å². The van der Waals surface area contributed by atoms with E-state index in [1.165, 1.54) is 17.4 Å². The molecule has 2 aromatic rings. The summed E-state index contributed by atoms with van der Waals surface area (Å²) in [6.45, 7) is 0.611. The van der Waals surface area contributed by atoms with Crippen molar-refractivity contribution in [2.45, 2.75) is 19.5 Å². The van der Waals surface area contributed by atoms with E-state index in [4.69, 9.17) is 13.9 Å². The predicted molar refractivity (Wildman–Crippen MR) is 72.3 cm³/mol. The second-order valence-electron chi connectivity index (χ2n) is 4.39. The van der Waals surface area contributed by atoms with Gasteiger partial charge in [0.25, 0.3) is 0 Å². The molecule has 0 bridgehead atoms. The highest BCUT2D eigenvalue weighted by atomic mass is 16.4. The zero-order valence-corrected chi connectivity index (χ0v) is 11.3. The number of hydrogen-bond acceptors (Lipinski definition) is 4. The molecule has 112 valence electrons. The first kappa shape index (κ1) is 14.7. The van der Waals surface area contributed by atoms with Crippen molar-refractivity contribution < 1.29 is 23.5 Å². The zero-order valence-electron chi connectivity index (χ0n) is 11.3. The Morgan fingerprint density at radius 1 is 1.10 bits per heavy atom. The van der Waals surface area contributed by atoms with Crippen molar-refractivity contribution in [2.75, 3.05) is 6.54 Å². The number of nitrogens with one attached hydrogen (secondary N) is 1. The van der Waals surface area contributed by atoms with E-state index in [2.05, 4.69) is 5.32 Å². The normalized spacial score (nSPS) is 10.3. The third-order valence-corrected chi connectivity index (χ3v) is 2.76. The van der Waals surface area contributed by atoms with Gasteiger partial charge in [-0.3, -0.25) is 4.79 Å². The lowest BCUT2D eigenvalue weighted by atomic mass is 10.3. The number of amides is 2. The maximum absolute atomic E-state index is 12.1. The lowest BCUT2D eigenvalue weighted by molar-refractivity contribution is -0.136. The Bertz CT molecular complexity index is 526. The molecule has 2 rings (SSSR count). The minimum Gasteiger partial charge on any atom is -0.481 e. The first-order valence-corrected chi connectivity index (χ1v) is 6.44. The lowest BCUT2D eigenvalue weighted by Gasteiger charge is -2.20. The molecular formula is C14H16N2O5. The topological polar surface area (TPSA) is 95.9 Å². The first-order chi connectivity index (χ1) is 10.1. The molecule has 0 aliphatic rings. The van der Waals surface area contributed by atoms with Gasteiger partial charge in [0.05, 0.1) is 32.0 Å². The molecule has 7 heteroatoms. The maximum Gasteiger partial charge on any atom is 0.318 e. The fourth-order valence-electron chi connectivity index (χ4n) is 1.77. The molecule has 21 heavy (non-hydrogen) atoms. The zero-order chi connectivity index (χ0) is 15.1. The third-order valence-electron chi connectivity index (χ3n) is 2.76. The van der Waals surface area contributed by atoms with Gasteiger partial charge in [-0.25, -0.2) is 4.79 Å². The summed E-state index contributed by atoms with van der Waals surface area (Å²) in [6.07, 6.45) is 2.94. The summed E-state index contributed by atoms with van der Waals surface area (Å²) in [5.74, 6) is 0.309. The SMILES string of the molecule is O=C(O)CCNC(=O)N(Cc1ccco1)Cc1ccco1. The predicted octanol–water partition coefficient (Wildman–Crippen LogP) is 2.06. The molecule has 2 N–H and O–H groups in total. The molecule has 0 saturated carbocycles. The molecule has 0 radical (unpaired) electrons. The van der Waals surface area contributed by atoms with Crippen molar-refractivity contribution in [1.82, 2.24) is 10.2 Å². The molecule has 7 nitrogen and oxygen atoms in total. The van der Waals surface area contributed by atoms with Crippen LogP contribution in [0.1, 0.15) is 17.9 Å². The van der Waals surface area contributed by atoms with Crippen molar-refractivity contribution >= 4 is 12.0 Å². The summed E-state index contributed by atoms with van der Waals surface area (Å²) in [5, 5.41) is 11.1. The van der Waals surface area contributed by atoms with Crippen molar-refractivity contribution in [3.05, 3.63) is 48.3 Å². The van der Waals surface area contributed by atoms with Gasteiger partial charge in [0.15, 0.2) is 0 Å². The van der Waals surface area contributed by atoms with Gasteiger partial charge < -0.3 is 24.2 Å². The average Bonchev–Trinajstić information content (AvgIpc) is 3.10. The Kier molecular flexibility index (Phi) is 5.03. The monoisotopic (exact) mass is 292 g/mol. The number of carbonyl (C=O) groups is 2. The van der Waals surface area contributed by atoms with E-state index in [9.17, 15) is 9.59 Å². The molecule has 2 heterocycles. The number of nitrogens with zero attached hydrogens (tertiary/aromatic N) is 1. The molecular weight excluding hydrogens is 276 g/mol. The molecule has 2 aromatic heterocycles. The van der Waals surface area contributed by atoms with Crippen LogP contribution in [0.4, 0.5) is 4.79 Å². The molecule has 0 aliphatic heterocycles. The number of hydrogen-bond donors (Lipinski definition) is 2. The van der Waals surface area contributed by atoms with Crippen molar-refractivity contribution in [3.63, 3.8) is 0 Å². The molecule has 0 fully saturated rings. The van der Waals surface area contributed by atoms with E-state index in [0.29, 0.717) is 11.5 Å². The number of urea groups is 1. The highest BCUT2D eigenvalue weighted by molar-refractivity contribution is 5.75. The van der Waals surface area contributed by atoms with Gasteiger partial charge in [0.1, 0.15) is 11.5 Å². The van der Waals surface area contributed by atoms with Gasteiger partial charge in [-0.15, -0.1) is 0 Å². The molecule has 0 aromatic carbocycles. The van der Waals surface area contributed by atoms with E-state index in [1.54, 1.807) is 24.3 Å². The first-order valence-electron chi connectivity index (χ1n) is 6.44. The van der Waals surface area contributed by atoms with Crippen LogP contribution in [-0.4, -0.2) is 28.6 Å². The molecule has 0 aliphatic carbocycles. The number of rotatable bonds is 7. The van der Waals surface area contributed by atoms with E-state index >= 15 is 0 Å². The van der Waals surface area contributed by atoms with Crippen LogP contribution in [0.3, 0.4) is 0 Å². The Balaban J connectivity index is 1.96. The van der Waals surface area contributed by atoms with Crippen molar-refractivity contribution in [2.24, 2.45) is 0 Å². The summed E-state index contributed by atoms with van der Waals surface area (Å²) in [6, 6.07) is 6.63. The van der Waals surface area contributed by atoms with Gasteiger partial charge >= 0.3 is 12.0 Å². The van der Waals surface area contributed by atoms with Crippen LogP contribution in [0.25, 0.3) is 0 Å². The molecule has 0 spiro atoms. The standard InChI is InChI=1S/C14H16N2O5/c17-13(18)5-6-15-14(19)16(9-11-3-1-7-20-11)10-12-4-2-8-21-12/h1-4,7-8H,5-6,9-10H2,(H,15,19)(H,17,18). The Morgan fingerprint density at radius 3 is 2.10 bits per heavy atom. The molecule has 2 amide bonds. The van der Waals surface area contributed by atoms with E-state index in [0.717, 1.165) is 0 Å².